The van der Waals surface area contributed by atoms with Gasteiger partial charge in [0.25, 0.3) is 11.5 Å². The number of anilines is 1. The molecule has 0 aliphatic rings. The largest absolute Gasteiger partial charge is 0.493 e. The van der Waals surface area contributed by atoms with Crippen LogP contribution >= 0.6 is 0 Å². The van der Waals surface area contributed by atoms with Crippen molar-refractivity contribution in [2.75, 3.05) is 19.0 Å². The molecule has 2 aromatic carbocycles. The van der Waals surface area contributed by atoms with E-state index in [1.807, 2.05) is 18.2 Å². The first kappa shape index (κ1) is 28.4. The fourth-order valence-corrected chi connectivity index (χ4v) is 4.39. The summed E-state index contributed by atoms with van der Waals surface area (Å²) in [4.78, 5) is 35.0. The Morgan fingerprint density at radius 3 is 2.45 bits per heavy atom. The molecule has 3 aromatic heterocycles. The van der Waals surface area contributed by atoms with E-state index >= 15 is 0 Å². The Labute approximate surface area is 241 Å². The van der Waals surface area contributed by atoms with Crippen molar-refractivity contribution >= 4 is 22.6 Å². The molecule has 11 heteroatoms. The minimum atomic E-state index is -1.02. The Hall–Kier alpha value is -5.16. The van der Waals surface area contributed by atoms with Crippen molar-refractivity contribution in [1.29, 1.82) is 0 Å². The number of nitrogens with one attached hydrogen (secondary N) is 1. The standard InChI is InChI=1S/C31H31N5O6/c1-19-28(30(38)36(35(19)4)20-9-7-6-8-10-20)29(37)34-27-12-11-21(17-33-27)42-24-13-14-32-23-16-26(41-18-31(2,3)39)25(40-5)15-22(23)24/h6-17,39H,18H2,1-5H3,(H,33,34,37). The molecule has 3 heterocycles. The average molecular weight is 570 g/mol. The van der Waals surface area contributed by atoms with Gasteiger partial charge in [-0.1, -0.05) is 18.2 Å². The second kappa shape index (κ2) is 11.4. The predicted molar refractivity (Wildman–Crippen MR) is 158 cm³/mol. The lowest BCUT2D eigenvalue weighted by Crippen LogP contribution is -2.27. The molecule has 0 spiro atoms. The Morgan fingerprint density at radius 1 is 1.02 bits per heavy atom. The van der Waals surface area contributed by atoms with Crippen LogP contribution in [0.1, 0.15) is 29.9 Å². The number of hydrogen-bond donors (Lipinski definition) is 2. The van der Waals surface area contributed by atoms with Crippen LogP contribution in [-0.4, -0.2) is 49.7 Å². The molecule has 11 nitrogen and oxygen atoms in total. The quantitative estimate of drug-likeness (QED) is 0.263. The van der Waals surface area contributed by atoms with Gasteiger partial charge in [-0.2, -0.15) is 0 Å². The highest BCUT2D eigenvalue weighted by atomic mass is 16.5. The molecular formula is C31H31N5O6. The normalized spacial score (nSPS) is 11.4. The molecule has 0 fully saturated rings. The summed E-state index contributed by atoms with van der Waals surface area (Å²) in [5.74, 6) is 1.54. The molecule has 0 bridgehead atoms. The maximum Gasteiger partial charge on any atom is 0.284 e. The number of nitrogens with zero attached hydrogens (tertiary/aromatic N) is 4. The van der Waals surface area contributed by atoms with Gasteiger partial charge in [0.1, 0.15) is 29.5 Å². The number of rotatable bonds is 9. The van der Waals surface area contributed by atoms with Crippen molar-refractivity contribution in [3.05, 3.63) is 94.7 Å². The zero-order valence-corrected chi connectivity index (χ0v) is 23.9. The molecule has 5 aromatic rings. The molecular weight excluding hydrogens is 538 g/mol. The molecule has 216 valence electrons. The van der Waals surface area contributed by atoms with Crippen molar-refractivity contribution in [2.24, 2.45) is 7.05 Å². The molecule has 0 saturated heterocycles. The van der Waals surface area contributed by atoms with E-state index in [-0.39, 0.29) is 18.0 Å². The SMILES string of the molecule is COc1cc2c(Oc3ccc(NC(=O)c4c(C)n(C)n(-c5ccccc5)c4=O)nc3)ccnc2cc1OCC(C)(C)O. The van der Waals surface area contributed by atoms with Gasteiger partial charge in [-0.15, -0.1) is 0 Å². The molecule has 1 amide bonds. The third-order valence-corrected chi connectivity index (χ3v) is 6.55. The van der Waals surface area contributed by atoms with Gasteiger partial charge in [-0.25, -0.2) is 9.67 Å². The van der Waals surface area contributed by atoms with Gasteiger partial charge in [-0.05, 0) is 57.2 Å². The van der Waals surface area contributed by atoms with Crippen LogP contribution in [0.25, 0.3) is 16.6 Å². The van der Waals surface area contributed by atoms with Crippen LogP contribution in [0.5, 0.6) is 23.0 Å². The van der Waals surface area contributed by atoms with Gasteiger partial charge < -0.3 is 24.6 Å². The maximum atomic E-state index is 13.2. The highest BCUT2D eigenvalue weighted by Gasteiger charge is 2.23. The number of benzene rings is 2. The first-order chi connectivity index (χ1) is 20.1. The summed E-state index contributed by atoms with van der Waals surface area (Å²) in [6.45, 7) is 5.10. The minimum Gasteiger partial charge on any atom is -0.493 e. The van der Waals surface area contributed by atoms with Gasteiger partial charge in [0.15, 0.2) is 11.5 Å². The molecule has 0 unspecified atom stereocenters. The van der Waals surface area contributed by atoms with Gasteiger partial charge >= 0.3 is 0 Å². The Kier molecular flexibility index (Phi) is 7.68. The summed E-state index contributed by atoms with van der Waals surface area (Å²) in [6.07, 6.45) is 3.08. The van der Waals surface area contributed by atoms with Crippen LogP contribution in [0, 0.1) is 6.92 Å². The van der Waals surface area contributed by atoms with Crippen molar-refractivity contribution < 1.29 is 24.1 Å². The summed E-state index contributed by atoms with van der Waals surface area (Å²) in [5.41, 5.74) is 0.382. The van der Waals surface area contributed by atoms with E-state index in [9.17, 15) is 14.7 Å². The fourth-order valence-electron chi connectivity index (χ4n) is 4.39. The number of fused-ring (bicyclic) bond motifs is 1. The van der Waals surface area contributed by atoms with Crippen LogP contribution in [0.4, 0.5) is 5.82 Å². The Morgan fingerprint density at radius 2 is 1.79 bits per heavy atom. The lowest BCUT2D eigenvalue weighted by Gasteiger charge is -2.19. The van der Waals surface area contributed by atoms with Gasteiger partial charge in [-0.3, -0.25) is 19.3 Å². The van der Waals surface area contributed by atoms with Crippen LogP contribution in [0.3, 0.4) is 0 Å². The van der Waals surface area contributed by atoms with Gasteiger partial charge in [0, 0.05) is 24.7 Å². The van der Waals surface area contributed by atoms with Crippen LogP contribution in [-0.2, 0) is 7.05 Å². The van der Waals surface area contributed by atoms with Crippen molar-refractivity contribution in [3.8, 4) is 28.7 Å². The molecule has 0 aliphatic carbocycles. The minimum absolute atomic E-state index is 0.0339. The molecule has 5 rings (SSSR count). The van der Waals surface area contributed by atoms with Crippen LogP contribution in [0.2, 0.25) is 0 Å². The molecule has 0 radical (unpaired) electrons. The van der Waals surface area contributed by atoms with Gasteiger partial charge in [0.05, 0.1) is 35.8 Å². The highest BCUT2D eigenvalue weighted by Crippen LogP contribution is 2.37. The summed E-state index contributed by atoms with van der Waals surface area (Å²) in [5, 5.41) is 13.4. The van der Waals surface area contributed by atoms with Crippen LogP contribution < -0.4 is 25.1 Å². The number of carbonyl (C=O) groups is 1. The van der Waals surface area contributed by atoms with Gasteiger partial charge in [0.2, 0.25) is 0 Å². The smallest absolute Gasteiger partial charge is 0.284 e. The summed E-state index contributed by atoms with van der Waals surface area (Å²) < 4.78 is 20.4. The zero-order valence-electron chi connectivity index (χ0n) is 23.9. The summed E-state index contributed by atoms with van der Waals surface area (Å²) in [6, 6.07) is 17.6. The van der Waals surface area contributed by atoms with Crippen molar-refractivity contribution in [1.82, 2.24) is 19.3 Å². The molecule has 0 atom stereocenters. The number of carbonyl (C=O) groups excluding carboxylic acids is 1. The third kappa shape index (κ3) is 5.81. The van der Waals surface area contributed by atoms with Crippen molar-refractivity contribution in [3.63, 3.8) is 0 Å². The molecule has 42 heavy (non-hydrogen) atoms. The van der Waals surface area contributed by atoms with E-state index in [1.54, 1.807) is 81.2 Å². The number of methoxy groups -OCH3 is 1. The van der Waals surface area contributed by atoms with Crippen molar-refractivity contribution in [2.45, 2.75) is 26.4 Å². The third-order valence-electron chi connectivity index (χ3n) is 6.55. The number of para-hydroxylation sites is 1. The predicted octanol–water partition coefficient (Wildman–Crippen LogP) is 4.63. The Balaban J connectivity index is 1.35. The maximum absolute atomic E-state index is 13.2. The van der Waals surface area contributed by atoms with E-state index in [0.717, 1.165) is 0 Å². The van der Waals surface area contributed by atoms with E-state index in [4.69, 9.17) is 14.2 Å². The van der Waals surface area contributed by atoms with Crippen LogP contribution in [0.15, 0.2) is 77.9 Å². The average Bonchev–Trinajstić information content (AvgIpc) is 3.19. The fraction of sp³-hybridized carbons (Fsp3) is 0.226. The number of pyridine rings is 2. The first-order valence-electron chi connectivity index (χ1n) is 13.2. The number of hydrogen-bond acceptors (Lipinski definition) is 8. The monoisotopic (exact) mass is 569 g/mol. The number of ether oxygens (including phenoxy) is 3. The van der Waals surface area contributed by atoms with E-state index < -0.39 is 17.1 Å². The zero-order chi connectivity index (χ0) is 30.0. The summed E-state index contributed by atoms with van der Waals surface area (Å²) >= 11 is 0. The molecule has 2 N–H and O–H groups in total. The topological polar surface area (TPSA) is 130 Å². The Bertz CT molecular complexity index is 1800. The molecule has 0 saturated carbocycles. The second-order valence-corrected chi connectivity index (χ2v) is 10.3. The lowest BCUT2D eigenvalue weighted by molar-refractivity contribution is 0.0276. The summed E-state index contributed by atoms with van der Waals surface area (Å²) in [7, 11) is 3.26. The number of amides is 1. The van der Waals surface area contributed by atoms with E-state index in [1.165, 1.54) is 18.0 Å². The van der Waals surface area contributed by atoms with E-state index in [2.05, 4.69) is 15.3 Å². The first-order valence-corrected chi connectivity index (χ1v) is 13.2. The highest BCUT2D eigenvalue weighted by molar-refractivity contribution is 6.04. The second-order valence-electron chi connectivity index (χ2n) is 10.3. The lowest BCUT2D eigenvalue weighted by atomic mass is 10.1. The van der Waals surface area contributed by atoms with E-state index in [0.29, 0.717) is 45.3 Å². The molecule has 0 aliphatic heterocycles. The number of aliphatic hydroxyl groups is 1. The number of aromatic nitrogens is 4.